The Hall–Kier alpha value is -0.620. The maximum Gasteiger partial charge on any atom is 0.178 e. The lowest BCUT2D eigenvalue weighted by molar-refractivity contribution is 0.289. The minimum atomic E-state index is -3.64. The van der Waals surface area contributed by atoms with Crippen molar-refractivity contribution in [1.82, 2.24) is 0 Å². The molecule has 6 heteroatoms. The summed E-state index contributed by atoms with van der Waals surface area (Å²) in [6, 6.07) is 0. The monoisotopic (exact) mass is 316 g/mol. The lowest BCUT2D eigenvalue weighted by Gasteiger charge is -2.45. The maximum absolute atomic E-state index is 12.7. The Labute approximate surface area is 120 Å². The van der Waals surface area contributed by atoms with E-state index in [-0.39, 0.29) is 11.8 Å². The van der Waals surface area contributed by atoms with Gasteiger partial charge >= 0.3 is 0 Å². The quantitative estimate of drug-likeness (QED) is 0.797. The van der Waals surface area contributed by atoms with E-state index in [0.29, 0.717) is 19.3 Å². The lowest BCUT2D eigenvalue weighted by atomic mass is 9.80. The highest BCUT2D eigenvalue weighted by Crippen LogP contribution is 2.69. The molecule has 3 saturated carbocycles. The molecule has 4 atom stereocenters. The van der Waals surface area contributed by atoms with Crippen LogP contribution in [0.2, 0.25) is 0 Å². The molecular weight excluding hydrogens is 296 g/mol. The predicted molar refractivity (Wildman–Crippen MR) is 78.4 cm³/mol. The van der Waals surface area contributed by atoms with Gasteiger partial charge in [0.2, 0.25) is 0 Å². The first kappa shape index (κ1) is 14.3. The van der Waals surface area contributed by atoms with Gasteiger partial charge in [0.25, 0.3) is 0 Å². The molecule has 0 aliphatic heterocycles. The Balaban J connectivity index is 2.34. The highest BCUT2D eigenvalue weighted by molar-refractivity contribution is 7.99. The van der Waals surface area contributed by atoms with Crippen molar-refractivity contribution < 1.29 is 16.8 Å². The van der Waals surface area contributed by atoms with Crippen molar-refractivity contribution in [3.8, 4) is 0 Å². The van der Waals surface area contributed by atoms with Crippen LogP contribution in [0.5, 0.6) is 0 Å². The highest BCUT2D eigenvalue weighted by Gasteiger charge is 2.77. The third-order valence-electron chi connectivity index (χ3n) is 6.00. The molecule has 2 bridgehead atoms. The van der Waals surface area contributed by atoms with Crippen molar-refractivity contribution in [2.45, 2.75) is 48.0 Å². The molecule has 4 unspecified atom stereocenters. The molecule has 0 spiro atoms. The molecule has 0 aromatic rings. The average Bonchev–Trinajstić information content (AvgIpc) is 3.09. The second-order valence-corrected chi connectivity index (χ2v) is 10.7. The van der Waals surface area contributed by atoms with Crippen LogP contribution in [0.4, 0.5) is 0 Å². The van der Waals surface area contributed by atoms with Crippen LogP contribution in [0.1, 0.15) is 38.5 Å². The molecule has 20 heavy (non-hydrogen) atoms. The van der Waals surface area contributed by atoms with Crippen molar-refractivity contribution >= 4 is 19.7 Å². The molecular formula is C14H20O4S2. The first-order chi connectivity index (χ1) is 9.28. The fraction of sp³-hybridized carbons (Fsp3) is 0.714. The summed E-state index contributed by atoms with van der Waals surface area (Å²) in [6.45, 7) is 6.88. The molecule has 0 N–H and O–H groups in total. The molecule has 0 aromatic carbocycles. The predicted octanol–water partition coefficient (Wildman–Crippen LogP) is 2.19. The molecule has 112 valence electrons. The zero-order valence-electron chi connectivity index (χ0n) is 11.4. The van der Waals surface area contributed by atoms with Crippen molar-refractivity contribution in [1.29, 1.82) is 0 Å². The molecule has 0 heterocycles. The van der Waals surface area contributed by atoms with E-state index in [4.69, 9.17) is 0 Å². The van der Waals surface area contributed by atoms with Gasteiger partial charge in [0.05, 0.1) is 9.49 Å². The molecule has 0 amide bonds. The van der Waals surface area contributed by atoms with Crippen LogP contribution >= 0.6 is 0 Å². The summed E-state index contributed by atoms with van der Waals surface area (Å²) < 4.78 is 48.5. The first-order valence-corrected chi connectivity index (χ1v) is 10.1. The molecule has 4 nitrogen and oxygen atoms in total. The minimum Gasteiger partial charge on any atom is -0.224 e. The van der Waals surface area contributed by atoms with Gasteiger partial charge in [0.1, 0.15) is 0 Å². The zero-order chi connectivity index (χ0) is 14.8. The van der Waals surface area contributed by atoms with Crippen LogP contribution in [-0.4, -0.2) is 26.3 Å². The Kier molecular flexibility index (Phi) is 2.85. The Morgan fingerprint density at radius 2 is 1.60 bits per heavy atom. The summed E-state index contributed by atoms with van der Waals surface area (Å²) >= 11 is 0. The summed E-state index contributed by atoms with van der Waals surface area (Å²) in [6.07, 6.45) is 3.76. The Bertz CT molecular complexity index is 676. The summed E-state index contributed by atoms with van der Waals surface area (Å²) in [4.78, 5) is 0. The van der Waals surface area contributed by atoms with E-state index in [2.05, 4.69) is 13.2 Å². The number of rotatable bonds is 4. The standard InChI is InChI=1S/C14H20O4S2/c1-3-19(15,16)13-9-7-11(10-13)12-6-5-8-14(12,13)20(17,18)4-2/h3-4,11-12H,1-2,5-10H2. The van der Waals surface area contributed by atoms with Gasteiger partial charge in [-0.25, -0.2) is 16.8 Å². The van der Waals surface area contributed by atoms with Gasteiger partial charge in [-0.15, -0.1) is 0 Å². The van der Waals surface area contributed by atoms with E-state index in [1.807, 2.05) is 0 Å². The number of sulfone groups is 2. The molecule has 3 fully saturated rings. The third kappa shape index (κ3) is 1.28. The smallest absolute Gasteiger partial charge is 0.178 e. The second-order valence-electron chi connectivity index (χ2n) is 6.31. The lowest BCUT2D eigenvalue weighted by Crippen LogP contribution is -2.60. The van der Waals surface area contributed by atoms with E-state index < -0.39 is 29.2 Å². The molecule has 3 aliphatic carbocycles. The fourth-order valence-electron chi connectivity index (χ4n) is 5.38. The van der Waals surface area contributed by atoms with Gasteiger partial charge in [-0.05, 0) is 43.9 Å². The van der Waals surface area contributed by atoms with Crippen LogP contribution in [0.25, 0.3) is 0 Å². The summed E-state index contributed by atoms with van der Waals surface area (Å²) in [5.74, 6) is 0.177. The van der Waals surface area contributed by atoms with Crippen molar-refractivity contribution in [3.63, 3.8) is 0 Å². The van der Waals surface area contributed by atoms with Crippen molar-refractivity contribution in [2.24, 2.45) is 11.8 Å². The van der Waals surface area contributed by atoms with Gasteiger partial charge in [-0.2, -0.15) is 0 Å². The van der Waals surface area contributed by atoms with Gasteiger partial charge in [0.15, 0.2) is 19.7 Å². The topological polar surface area (TPSA) is 68.3 Å². The first-order valence-electron chi connectivity index (χ1n) is 7.02. The van der Waals surface area contributed by atoms with Crippen LogP contribution in [0.15, 0.2) is 24.0 Å². The van der Waals surface area contributed by atoms with Crippen LogP contribution in [0.3, 0.4) is 0 Å². The molecule has 3 rings (SSSR count). The summed E-state index contributed by atoms with van der Waals surface area (Å²) in [5.41, 5.74) is 0. The van der Waals surface area contributed by atoms with E-state index in [1.165, 1.54) is 0 Å². The van der Waals surface area contributed by atoms with Crippen molar-refractivity contribution in [3.05, 3.63) is 24.0 Å². The normalized spacial score (nSPS) is 43.4. The van der Waals surface area contributed by atoms with Crippen LogP contribution in [0, 0.1) is 11.8 Å². The van der Waals surface area contributed by atoms with E-state index in [1.54, 1.807) is 0 Å². The van der Waals surface area contributed by atoms with Crippen LogP contribution < -0.4 is 0 Å². The van der Waals surface area contributed by atoms with E-state index in [0.717, 1.165) is 30.1 Å². The molecule has 0 saturated heterocycles. The largest absolute Gasteiger partial charge is 0.224 e. The van der Waals surface area contributed by atoms with Gasteiger partial charge < -0.3 is 0 Å². The Morgan fingerprint density at radius 3 is 2.20 bits per heavy atom. The van der Waals surface area contributed by atoms with Crippen LogP contribution in [-0.2, 0) is 19.7 Å². The molecule has 0 aromatic heterocycles. The summed E-state index contributed by atoms with van der Waals surface area (Å²) in [5, 5.41) is 1.95. The highest BCUT2D eigenvalue weighted by atomic mass is 32.2. The van der Waals surface area contributed by atoms with Gasteiger partial charge in [-0.3, -0.25) is 0 Å². The van der Waals surface area contributed by atoms with E-state index in [9.17, 15) is 16.8 Å². The zero-order valence-corrected chi connectivity index (χ0v) is 13.0. The summed E-state index contributed by atoms with van der Waals surface area (Å²) in [7, 11) is -7.28. The Morgan fingerprint density at radius 1 is 0.950 bits per heavy atom. The number of hydrogen-bond donors (Lipinski definition) is 0. The third-order valence-corrected chi connectivity index (χ3v) is 10.7. The van der Waals surface area contributed by atoms with Crippen molar-refractivity contribution in [2.75, 3.05) is 0 Å². The van der Waals surface area contributed by atoms with Gasteiger partial charge in [0, 0.05) is 10.8 Å². The molecule has 3 aliphatic rings. The minimum absolute atomic E-state index is 0.0334. The average molecular weight is 316 g/mol. The van der Waals surface area contributed by atoms with Gasteiger partial charge in [-0.1, -0.05) is 19.6 Å². The number of hydrogen-bond acceptors (Lipinski definition) is 4. The number of fused-ring (bicyclic) bond motifs is 5. The fourth-order valence-corrected chi connectivity index (χ4v) is 10.1. The maximum atomic E-state index is 12.7. The second kappa shape index (κ2) is 3.97. The SMILES string of the molecule is C=CS(=O)(=O)C12CCC(C1)C1CCCC12S(=O)(=O)C=C. The molecule has 0 radical (unpaired) electrons. The van der Waals surface area contributed by atoms with E-state index >= 15 is 0 Å².